The van der Waals surface area contributed by atoms with Gasteiger partial charge in [-0.05, 0) is 60.4 Å². The summed E-state index contributed by atoms with van der Waals surface area (Å²) in [6.07, 6.45) is 16.6. The van der Waals surface area contributed by atoms with Crippen LogP contribution in [-0.2, 0) is 0 Å². The van der Waals surface area contributed by atoms with Gasteiger partial charge in [0.15, 0.2) is 0 Å². The fourth-order valence-corrected chi connectivity index (χ4v) is 4.98. The first kappa shape index (κ1) is 16.8. The van der Waals surface area contributed by atoms with E-state index in [1.165, 1.54) is 44.9 Å². The van der Waals surface area contributed by atoms with Crippen LogP contribution in [0, 0.1) is 17.8 Å². The topological polar surface area (TPSA) is 12.9 Å². The molecule has 2 aliphatic carbocycles. The van der Waals surface area contributed by atoms with E-state index in [4.69, 9.17) is 11.6 Å². The Labute approximate surface area is 156 Å². The lowest BCUT2D eigenvalue weighted by Crippen LogP contribution is -2.29. The Balaban J connectivity index is 1.46. The monoisotopic (exact) mass is 351 g/mol. The van der Waals surface area contributed by atoms with Crippen LogP contribution in [0.15, 0.2) is 48.7 Å². The van der Waals surface area contributed by atoms with Gasteiger partial charge in [0.25, 0.3) is 0 Å². The summed E-state index contributed by atoms with van der Waals surface area (Å²) < 4.78 is 0. The maximum atomic E-state index is 6.09. The van der Waals surface area contributed by atoms with E-state index >= 15 is 0 Å². The Morgan fingerprint density at radius 2 is 1.80 bits per heavy atom. The lowest BCUT2D eigenvalue weighted by atomic mass is 9.65. The molecular weight excluding hydrogens is 326 g/mol. The standard InChI is InChI=1S/C23H26ClN/c24-21-9-4-8-19(15-21)20-12-14-22(25-16-20)13-11-18-7-3-6-17-5-1-2-10-23(17)18/h4,8-9,11-18,23H,1-3,5-7,10H2/b13-11+/t17-,18-,23+/m0/s1. The van der Waals surface area contributed by atoms with Crippen LogP contribution in [-0.4, -0.2) is 4.98 Å². The number of hydrogen-bond donors (Lipinski definition) is 0. The molecule has 0 spiro atoms. The third-order valence-corrected chi connectivity index (χ3v) is 6.32. The number of aromatic nitrogens is 1. The molecule has 25 heavy (non-hydrogen) atoms. The molecule has 0 aliphatic heterocycles. The molecule has 0 amide bonds. The van der Waals surface area contributed by atoms with Crippen LogP contribution in [0.1, 0.15) is 50.6 Å². The third kappa shape index (κ3) is 3.98. The minimum Gasteiger partial charge on any atom is -0.256 e. The van der Waals surface area contributed by atoms with Crippen LogP contribution in [0.3, 0.4) is 0 Å². The zero-order valence-corrected chi connectivity index (χ0v) is 15.5. The summed E-state index contributed by atoms with van der Waals surface area (Å²) in [5.41, 5.74) is 3.29. The lowest BCUT2D eigenvalue weighted by molar-refractivity contribution is 0.130. The molecule has 1 aromatic carbocycles. The Morgan fingerprint density at radius 3 is 2.64 bits per heavy atom. The number of halogens is 1. The Kier molecular flexibility index (Phi) is 5.22. The molecule has 0 saturated heterocycles. The van der Waals surface area contributed by atoms with Crippen molar-refractivity contribution in [1.82, 2.24) is 4.98 Å². The highest BCUT2D eigenvalue weighted by atomic mass is 35.5. The molecule has 1 heterocycles. The number of allylic oxidation sites excluding steroid dienone is 1. The summed E-state index contributed by atoms with van der Waals surface area (Å²) in [7, 11) is 0. The van der Waals surface area contributed by atoms with Crippen LogP contribution in [0.5, 0.6) is 0 Å². The van der Waals surface area contributed by atoms with Gasteiger partial charge in [-0.25, -0.2) is 0 Å². The molecule has 0 unspecified atom stereocenters. The van der Waals surface area contributed by atoms with E-state index in [0.717, 1.165) is 39.6 Å². The van der Waals surface area contributed by atoms with Crippen LogP contribution < -0.4 is 0 Å². The van der Waals surface area contributed by atoms with Gasteiger partial charge in [0, 0.05) is 16.8 Å². The van der Waals surface area contributed by atoms with Crippen molar-refractivity contribution in [3.8, 4) is 11.1 Å². The number of nitrogens with zero attached hydrogens (tertiary/aromatic N) is 1. The van der Waals surface area contributed by atoms with Gasteiger partial charge in [0.05, 0.1) is 5.69 Å². The van der Waals surface area contributed by atoms with Gasteiger partial charge in [-0.3, -0.25) is 4.98 Å². The number of rotatable bonds is 3. The van der Waals surface area contributed by atoms with E-state index in [0.29, 0.717) is 0 Å². The molecule has 2 heteroatoms. The summed E-state index contributed by atoms with van der Waals surface area (Å²) >= 11 is 6.09. The minimum absolute atomic E-state index is 0.758. The van der Waals surface area contributed by atoms with Crippen LogP contribution >= 0.6 is 11.6 Å². The first-order valence-electron chi connectivity index (χ1n) is 9.70. The normalized spacial score (nSPS) is 26.5. The van der Waals surface area contributed by atoms with Crippen molar-refractivity contribution in [3.63, 3.8) is 0 Å². The molecule has 2 aliphatic rings. The largest absolute Gasteiger partial charge is 0.256 e. The molecule has 2 fully saturated rings. The van der Waals surface area contributed by atoms with Crippen molar-refractivity contribution in [2.75, 3.05) is 0 Å². The average molecular weight is 352 g/mol. The summed E-state index contributed by atoms with van der Waals surface area (Å²) in [4.78, 5) is 4.64. The second kappa shape index (κ2) is 7.74. The molecule has 3 atom stereocenters. The van der Waals surface area contributed by atoms with Crippen molar-refractivity contribution in [3.05, 3.63) is 59.4 Å². The Bertz CT molecular complexity index is 732. The Hall–Kier alpha value is -1.60. The number of fused-ring (bicyclic) bond motifs is 1. The summed E-state index contributed by atoms with van der Waals surface area (Å²) in [5, 5.41) is 0.765. The van der Waals surface area contributed by atoms with Crippen molar-refractivity contribution in [1.29, 1.82) is 0 Å². The molecule has 0 radical (unpaired) electrons. The molecular formula is C23H26ClN. The number of pyridine rings is 1. The lowest BCUT2D eigenvalue weighted by Gasteiger charge is -2.40. The van der Waals surface area contributed by atoms with E-state index in [-0.39, 0.29) is 0 Å². The second-order valence-electron chi connectivity index (χ2n) is 7.64. The predicted octanol–water partition coefficient (Wildman–Crippen LogP) is 7.02. The van der Waals surface area contributed by atoms with Crippen LogP contribution in [0.2, 0.25) is 5.02 Å². The maximum absolute atomic E-state index is 6.09. The van der Waals surface area contributed by atoms with Crippen LogP contribution in [0.25, 0.3) is 17.2 Å². The van der Waals surface area contributed by atoms with Crippen molar-refractivity contribution in [2.45, 2.75) is 44.9 Å². The highest BCUT2D eigenvalue weighted by Crippen LogP contribution is 2.44. The van der Waals surface area contributed by atoms with Gasteiger partial charge in [-0.15, -0.1) is 0 Å². The van der Waals surface area contributed by atoms with E-state index in [2.05, 4.69) is 35.3 Å². The van der Waals surface area contributed by atoms with Gasteiger partial charge in [0.2, 0.25) is 0 Å². The zero-order chi connectivity index (χ0) is 17.1. The minimum atomic E-state index is 0.758. The third-order valence-electron chi connectivity index (χ3n) is 6.09. The molecule has 2 saturated carbocycles. The van der Waals surface area contributed by atoms with Gasteiger partial charge in [-0.2, -0.15) is 0 Å². The van der Waals surface area contributed by atoms with Crippen molar-refractivity contribution >= 4 is 17.7 Å². The second-order valence-corrected chi connectivity index (χ2v) is 8.08. The van der Waals surface area contributed by atoms with E-state index in [1.807, 2.05) is 24.4 Å². The smallest absolute Gasteiger partial charge is 0.0627 e. The fourth-order valence-electron chi connectivity index (χ4n) is 4.79. The first-order valence-corrected chi connectivity index (χ1v) is 10.1. The highest BCUT2D eigenvalue weighted by Gasteiger charge is 2.33. The quantitative estimate of drug-likeness (QED) is 0.578. The average Bonchev–Trinajstić information content (AvgIpc) is 2.67. The van der Waals surface area contributed by atoms with Crippen molar-refractivity contribution < 1.29 is 0 Å². The van der Waals surface area contributed by atoms with Crippen molar-refractivity contribution in [2.24, 2.45) is 17.8 Å². The van der Waals surface area contributed by atoms with Crippen LogP contribution in [0.4, 0.5) is 0 Å². The predicted molar refractivity (Wildman–Crippen MR) is 107 cm³/mol. The van der Waals surface area contributed by atoms with Gasteiger partial charge in [-0.1, -0.05) is 68.0 Å². The molecule has 0 bridgehead atoms. The molecule has 2 aromatic rings. The van der Waals surface area contributed by atoms with E-state index < -0.39 is 0 Å². The number of hydrogen-bond acceptors (Lipinski definition) is 1. The van der Waals surface area contributed by atoms with Gasteiger partial charge >= 0.3 is 0 Å². The molecule has 130 valence electrons. The van der Waals surface area contributed by atoms with Gasteiger partial charge < -0.3 is 0 Å². The molecule has 1 nitrogen and oxygen atoms in total. The van der Waals surface area contributed by atoms with E-state index in [9.17, 15) is 0 Å². The SMILES string of the molecule is Clc1cccc(-c2ccc(/C=C/[C@@H]3CCC[C@@H]4CCCC[C@H]43)nc2)c1. The number of benzene rings is 1. The Morgan fingerprint density at radius 1 is 0.920 bits per heavy atom. The van der Waals surface area contributed by atoms with Gasteiger partial charge in [0.1, 0.15) is 0 Å². The molecule has 0 N–H and O–H groups in total. The summed E-state index contributed by atoms with van der Waals surface area (Å²) in [5.74, 6) is 2.66. The van der Waals surface area contributed by atoms with E-state index in [1.54, 1.807) is 0 Å². The zero-order valence-electron chi connectivity index (χ0n) is 14.7. The summed E-state index contributed by atoms with van der Waals surface area (Å²) in [6, 6.07) is 12.2. The molecule has 4 rings (SSSR count). The summed E-state index contributed by atoms with van der Waals surface area (Å²) in [6.45, 7) is 0. The highest BCUT2D eigenvalue weighted by molar-refractivity contribution is 6.30. The first-order chi connectivity index (χ1) is 12.3. The molecule has 1 aromatic heterocycles. The fraction of sp³-hybridized carbons (Fsp3) is 0.435. The maximum Gasteiger partial charge on any atom is 0.0627 e.